The number of nitrogens with two attached hydrogens (primary N) is 1. The molecule has 0 aliphatic heterocycles. The van der Waals surface area contributed by atoms with E-state index in [0.717, 1.165) is 5.69 Å². The van der Waals surface area contributed by atoms with Crippen LogP contribution in [0.2, 0.25) is 0 Å². The standard InChI is InChI=1S/C17H21N/c1-3-4-5-14-6-8-15(9-7-14)16-10-13(2)11-17(18)12-16/h6-12H,3-5,18H2,1-2H3. The Kier molecular flexibility index (Phi) is 4.03. The fraction of sp³-hybridized carbons (Fsp3) is 0.294. The lowest BCUT2D eigenvalue weighted by Crippen LogP contribution is -1.89. The van der Waals surface area contributed by atoms with E-state index < -0.39 is 0 Å². The molecule has 1 nitrogen and oxygen atoms in total. The Morgan fingerprint density at radius 2 is 1.67 bits per heavy atom. The molecule has 2 aromatic rings. The second-order valence-electron chi connectivity index (χ2n) is 4.93. The first-order chi connectivity index (χ1) is 8.69. The molecule has 0 aliphatic rings. The molecule has 0 saturated heterocycles. The van der Waals surface area contributed by atoms with Gasteiger partial charge in [0.25, 0.3) is 0 Å². The summed E-state index contributed by atoms with van der Waals surface area (Å²) in [5, 5.41) is 0. The second-order valence-corrected chi connectivity index (χ2v) is 4.93. The topological polar surface area (TPSA) is 26.0 Å². The first kappa shape index (κ1) is 12.7. The van der Waals surface area contributed by atoms with Gasteiger partial charge in [-0.25, -0.2) is 0 Å². The van der Waals surface area contributed by atoms with Crippen LogP contribution >= 0.6 is 0 Å². The van der Waals surface area contributed by atoms with Gasteiger partial charge in [-0.1, -0.05) is 43.7 Å². The Bertz CT molecular complexity index is 491. The fourth-order valence-corrected chi connectivity index (χ4v) is 2.22. The quantitative estimate of drug-likeness (QED) is 0.776. The molecule has 2 N–H and O–H groups in total. The number of anilines is 1. The van der Waals surface area contributed by atoms with E-state index in [4.69, 9.17) is 5.73 Å². The molecule has 0 radical (unpaired) electrons. The zero-order chi connectivity index (χ0) is 13.0. The highest BCUT2D eigenvalue weighted by atomic mass is 14.5. The summed E-state index contributed by atoms with van der Waals surface area (Å²) < 4.78 is 0. The maximum Gasteiger partial charge on any atom is 0.0322 e. The minimum absolute atomic E-state index is 0.833. The van der Waals surface area contributed by atoms with Crippen LogP contribution in [0, 0.1) is 6.92 Å². The molecule has 0 fully saturated rings. The van der Waals surface area contributed by atoms with E-state index in [0.29, 0.717) is 0 Å². The predicted octanol–water partition coefficient (Wildman–Crippen LogP) is 4.59. The van der Waals surface area contributed by atoms with E-state index in [1.165, 1.54) is 41.5 Å². The molecule has 94 valence electrons. The molecule has 0 unspecified atom stereocenters. The Morgan fingerprint density at radius 3 is 2.28 bits per heavy atom. The molecule has 0 heterocycles. The van der Waals surface area contributed by atoms with Crippen LogP contribution in [-0.4, -0.2) is 0 Å². The highest BCUT2D eigenvalue weighted by Gasteiger charge is 2.00. The SMILES string of the molecule is CCCCc1ccc(-c2cc(C)cc(N)c2)cc1. The summed E-state index contributed by atoms with van der Waals surface area (Å²) in [6.45, 7) is 4.30. The third-order valence-corrected chi connectivity index (χ3v) is 3.21. The number of benzene rings is 2. The molecular weight excluding hydrogens is 218 g/mol. The number of rotatable bonds is 4. The summed E-state index contributed by atoms with van der Waals surface area (Å²) >= 11 is 0. The number of hydrogen-bond donors (Lipinski definition) is 1. The molecule has 2 rings (SSSR count). The molecule has 1 heteroatoms. The van der Waals surface area contributed by atoms with Crippen molar-refractivity contribution < 1.29 is 0 Å². The van der Waals surface area contributed by atoms with Gasteiger partial charge < -0.3 is 5.73 Å². The van der Waals surface area contributed by atoms with Crippen LogP contribution in [0.1, 0.15) is 30.9 Å². The highest BCUT2D eigenvalue weighted by Crippen LogP contribution is 2.24. The van der Waals surface area contributed by atoms with E-state index in [-0.39, 0.29) is 0 Å². The second kappa shape index (κ2) is 5.72. The molecule has 0 atom stereocenters. The van der Waals surface area contributed by atoms with Crippen molar-refractivity contribution in [3.63, 3.8) is 0 Å². The van der Waals surface area contributed by atoms with Crippen molar-refractivity contribution in [3.05, 3.63) is 53.6 Å². The zero-order valence-electron chi connectivity index (χ0n) is 11.2. The van der Waals surface area contributed by atoms with Crippen LogP contribution in [0.3, 0.4) is 0 Å². The predicted molar refractivity (Wildman–Crippen MR) is 79.6 cm³/mol. The van der Waals surface area contributed by atoms with Crippen molar-refractivity contribution in [2.45, 2.75) is 33.1 Å². The summed E-state index contributed by atoms with van der Waals surface area (Å²) in [6.07, 6.45) is 3.68. The van der Waals surface area contributed by atoms with Crippen molar-refractivity contribution >= 4 is 5.69 Å². The van der Waals surface area contributed by atoms with Gasteiger partial charge in [0, 0.05) is 5.69 Å². The third kappa shape index (κ3) is 3.13. The summed E-state index contributed by atoms with van der Waals surface area (Å²) in [5.41, 5.74) is 11.8. The molecule has 0 spiro atoms. The number of unbranched alkanes of at least 4 members (excludes halogenated alkanes) is 1. The minimum Gasteiger partial charge on any atom is -0.399 e. The van der Waals surface area contributed by atoms with Crippen molar-refractivity contribution in [2.75, 3.05) is 5.73 Å². The van der Waals surface area contributed by atoms with E-state index in [1.807, 2.05) is 12.1 Å². The Morgan fingerprint density at radius 1 is 0.944 bits per heavy atom. The van der Waals surface area contributed by atoms with Crippen LogP contribution in [0.25, 0.3) is 11.1 Å². The van der Waals surface area contributed by atoms with Crippen LogP contribution in [0.15, 0.2) is 42.5 Å². The number of aryl methyl sites for hydroxylation is 2. The van der Waals surface area contributed by atoms with Gasteiger partial charge in [0.2, 0.25) is 0 Å². The molecule has 0 aliphatic carbocycles. The van der Waals surface area contributed by atoms with Crippen LogP contribution in [-0.2, 0) is 6.42 Å². The summed E-state index contributed by atoms with van der Waals surface area (Å²) in [7, 11) is 0. The molecule has 0 bridgehead atoms. The number of nitrogen functional groups attached to an aromatic ring is 1. The van der Waals surface area contributed by atoms with E-state index in [2.05, 4.69) is 44.2 Å². The van der Waals surface area contributed by atoms with Crippen molar-refractivity contribution in [1.29, 1.82) is 0 Å². The van der Waals surface area contributed by atoms with Gasteiger partial charge in [0.1, 0.15) is 0 Å². The molecule has 18 heavy (non-hydrogen) atoms. The van der Waals surface area contributed by atoms with E-state index in [1.54, 1.807) is 0 Å². The monoisotopic (exact) mass is 239 g/mol. The largest absolute Gasteiger partial charge is 0.399 e. The van der Waals surface area contributed by atoms with Gasteiger partial charge in [-0.2, -0.15) is 0 Å². The summed E-state index contributed by atoms with van der Waals surface area (Å²) in [4.78, 5) is 0. The van der Waals surface area contributed by atoms with Gasteiger partial charge >= 0.3 is 0 Å². The average molecular weight is 239 g/mol. The fourth-order valence-electron chi connectivity index (χ4n) is 2.22. The molecular formula is C17H21N. The first-order valence-corrected chi connectivity index (χ1v) is 6.65. The summed E-state index contributed by atoms with van der Waals surface area (Å²) in [5.74, 6) is 0. The van der Waals surface area contributed by atoms with E-state index in [9.17, 15) is 0 Å². The lowest BCUT2D eigenvalue weighted by Gasteiger charge is -2.06. The Labute approximate surface area is 110 Å². The maximum absolute atomic E-state index is 5.89. The molecule has 0 amide bonds. The van der Waals surface area contributed by atoms with Crippen LogP contribution in [0.5, 0.6) is 0 Å². The lowest BCUT2D eigenvalue weighted by atomic mass is 10.00. The lowest BCUT2D eigenvalue weighted by molar-refractivity contribution is 0.795. The van der Waals surface area contributed by atoms with Crippen molar-refractivity contribution in [1.82, 2.24) is 0 Å². The Hall–Kier alpha value is -1.76. The average Bonchev–Trinajstić information content (AvgIpc) is 2.36. The molecule has 2 aromatic carbocycles. The van der Waals surface area contributed by atoms with Gasteiger partial charge in [0.15, 0.2) is 0 Å². The van der Waals surface area contributed by atoms with Gasteiger partial charge in [-0.3, -0.25) is 0 Å². The van der Waals surface area contributed by atoms with E-state index >= 15 is 0 Å². The summed E-state index contributed by atoms with van der Waals surface area (Å²) in [6, 6.07) is 15.1. The zero-order valence-corrected chi connectivity index (χ0v) is 11.2. The molecule has 0 aromatic heterocycles. The smallest absolute Gasteiger partial charge is 0.0322 e. The Balaban J connectivity index is 2.23. The third-order valence-electron chi connectivity index (χ3n) is 3.21. The molecule has 0 saturated carbocycles. The van der Waals surface area contributed by atoms with Crippen LogP contribution < -0.4 is 5.73 Å². The van der Waals surface area contributed by atoms with Crippen molar-refractivity contribution in [3.8, 4) is 11.1 Å². The normalized spacial score (nSPS) is 10.6. The van der Waals surface area contributed by atoms with Gasteiger partial charge in [-0.05, 0) is 54.2 Å². The highest BCUT2D eigenvalue weighted by molar-refractivity contribution is 5.68. The first-order valence-electron chi connectivity index (χ1n) is 6.65. The van der Waals surface area contributed by atoms with Gasteiger partial charge in [-0.15, -0.1) is 0 Å². The van der Waals surface area contributed by atoms with Gasteiger partial charge in [0.05, 0.1) is 0 Å². The van der Waals surface area contributed by atoms with Crippen LogP contribution in [0.4, 0.5) is 5.69 Å². The minimum atomic E-state index is 0.833. The maximum atomic E-state index is 5.89. The van der Waals surface area contributed by atoms with Crippen molar-refractivity contribution in [2.24, 2.45) is 0 Å². The number of hydrogen-bond acceptors (Lipinski definition) is 1.